The lowest BCUT2D eigenvalue weighted by atomic mass is 10.1. The number of carbonyl (C=O) groups is 1. The van der Waals surface area contributed by atoms with Gasteiger partial charge in [0.05, 0.1) is 23.2 Å². The number of morpholine rings is 1. The van der Waals surface area contributed by atoms with Gasteiger partial charge in [-0.2, -0.15) is 0 Å². The molecule has 1 N–H and O–H groups in total. The van der Waals surface area contributed by atoms with Crippen molar-refractivity contribution in [1.82, 2.24) is 10.2 Å². The number of hydrogen-bond donors (Lipinski definition) is 1. The molecule has 1 fully saturated rings. The molecule has 23 heavy (non-hydrogen) atoms. The second-order valence-corrected chi connectivity index (χ2v) is 6.47. The van der Waals surface area contributed by atoms with Gasteiger partial charge in [-0.3, -0.25) is 10.1 Å². The minimum absolute atomic E-state index is 0.0131. The fourth-order valence-electron chi connectivity index (χ4n) is 2.82. The Labute approximate surface area is 135 Å². The molecule has 0 aromatic heterocycles. The molecule has 1 aromatic rings. The molecule has 1 aromatic carbocycles. The van der Waals surface area contributed by atoms with Crippen LogP contribution in [0.25, 0.3) is 0 Å². The summed E-state index contributed by atoms with van der Waals surface area (Å²) >= 11 is 0. The Morgan fingerprint density at radius 2 is 2.09 bits per heavy atom. The zero-order valence-electron chi connectivity index (χ0n) is 13.7. The molecule has 0 radical (unpaired) electrons. The Hall–Kier alpha value is -2.15. The van der Waals surface area contributed by atoms with Crippen molar-refractivity contribution in [2.75, 3.05) is 19.6 Å². The van der Waals surface area contributed by atoms with Crippen LogP contribution < -0.4 is 5.32 Å². The Kier molecular flexibility index (Phi) is 5.20. The molecular formula is C16H23N3O4. The van der Waals surface area contributed by atoms with E-state index < -0.39 is 4.92 Å². The molecule has 1 aliphatic rings. The summed E-state index contributed by atoms with van der Waals surface area (Å²) in [4.78, 5) is 24.2. The van der Waals surface area contributed by atoms with Crippen LogP contribution in [0.4, 0.5) is 10.5 Å². The smallest absolute Gasteiger partial charge is 0.317 e. The van der Waals surface area contributed by atoms with Crippen molar-refractivity contribution in [3.63, 3.8) is 0 Å². The number of hydrogen-bond acceptors (Lipinski definition) is 4. The fraction of sp³-hybridized carbons (Fsp3) is 0.562. The maximum absolute atomic E-state index is 12.2. The summed E-state index contributed by atoms with van der Waals surface area (Å²) in [6.45, 7) is 7.52. The number of non-ortho nitro benzene ring substituents is 1. The molecule has 2 amide bonds. The third-order valence-corrected chi connectivity index (χ3v) is 3.69. The molecule has 1 heterocycles. The van der Waals surface area contributed by atoms with Crippen molar-refractivity contribution >= 4 is 11.7 Å². The molecule has 1 saturated heterocycles. The highest BCUT2D eigenvalue weighted by molar-refractivity contribution is 5.74. The number of nitrogens with one attached hydrogen (secondary N) is 1. The van der Waals surface area contributed by atoms with Crippen LogP contribution in [-0.4, -0.2) is 47.2 Å². The summed E-state index contributed by atoms with van der Waals surface area (Å²) in [7, 11) is 0. The molecule has 7 heteroatoms. The highest BCUT2D eigenvalue weighted by atomic mass is 16.6. The van der Waals surface area contributed by atoms with Gasteiger partial charge in [0, 0.05) is 25.2 Å². The van der Waals surface area contributed by atoms with Gasteiger partial charge >= 0.3 is 6.03 Å². The molecule has 0 aliphatic carbocycles. The SMILES string of the molecule is C[C@@H]1CN(C(=O)NCCc2ccc([N+](=O)[O-])cc2)CC(C)(C)O1. The minimum Gasteiger partial charge on any atom is -0.369 e. The van der Waals surface area contributed by atoms with E-state index in [1.54, 1.807) is 17.0 Å². The van der Waals surface area contributed by atoms with Crippen LogP contribution in [0.15, 0.2) is 24.3 Å². The van der Waals surface area contributed by atoms with E-state index in [0.29, 0.717) is 26.1 Å². The number of nitro benzene ring substituents is 1. The third kappa shape index (κ3) is 4.92. The summed E-state index contributed by atoms with van der Waals surface area (Å²) in [6.07, 6.45) is 0.645. The first kappa shape index (κ1) is 17.2. The van der Waals surface area contributed by atoms with Crippen LogP contribution >= 0.6 is 0 Å². The molecule has 0 saturated carbocycles. The van der Waals surface area contributed by atoms with Gasteiger partial charge in [-0.1, -0.05) is 12.1 Å². The summed E-state index contributed by atoms with van der Waals surface area (Å²) in [5, 5.41) is 13.5. The van der Waals surface area contributed by atoms with Crippen molar-refractivity contribution in [2.45, 2.75) is 38.9 Å². The average Bonchev–Trinajstić information content (AvgIpc) is 2.45. The summed E-state index contributed by atoms with van der Waals surface area (Å²) in [6, 6.07) is 6.27. The molecule has 1 aliphatic heterocycles. The predicted molar refractivity (Wildman–Crippen MR) is 86.4 cm³/mol. The van der Waals surface area contributed by atoms with Gasteiger partial charge < -0.3 is 15.0 Å². The second kappa shape index (κ2) is 6.95. The largest absolute Gasteiger partial charge is 0.369 e. The summed E-state index contributed by atoms with van der Waals surface area (Å²) < 4.78 is 5.78. The Morgan fingerprint density at radius 1 is 1.43 bits per heavy atom. The summed E-state index contributed by atoms with van der Waals surface area (Å²) in [5.41, 5.74) is 0.682. The Balaban J connectivity index is 1.81. The van der Waals surface area contributed by atoms with Crippen LogP contribution in [0.2, 0.25) is 0 Å². The van der Waals surface area contributed by atoms with E-state index >= 15 is 0 Å². The fourth-order valence-corrected chi connectivity index (χ4v) is 2.82. The van der Waals surface area contributed by atoms with Gasteiger partial charge in [0.2, 0.25) is 0 Å². The zero-order valence-corrected chi connectivity index (χ0v) is 13.7. The van der Waals surface area contributed by atoms with E-state index in [1.807, 2.05) is 20.8 Å². The van der Waals surface area contributed by atoms with Crippen molar-refractivity contribution in [2.24, 2.45) is 0 Å². The van der Waals surface area contributed by atoms with Crippen molar-refractivity contribution in [3.05, 3.63) is 39.9 Å². The Bertz CT molecular complexity index is 571. The van der Waals surface area contributed by atoms with Crippen LogP contribution in [0, 0.1) is 10.1 Å². The number of nitrogens with zero attached hydrogens (tertiary/aromatic N) is 2. The minimum atomic E-state index is -0.424. The van der Waals surface area contributed by atoms with Gasteiger partial charge in [-0.25, -0.2) is 4.79 Å². The van der Waals surface area contributed by atoms with E-state index in [9.17, 15) is 14.9 Å². The Morgan fingerprint density at radius 3 is 2.65 bits per heavy atom. The molecule has 0 bridgehead atoms. The molecule has 2 rings (SSSR count). The van der Waals surface area contributed by atoms with E-state index in [1.165, 1.54) is 12.1 Å². The summed E-state index contributed by atoms with van der Waals surface area (Å²) in [5.74, 6) is 0. The van der Waals surface area contributed by atoms with Crippen molar-refractivity contribution < 1.29 is 14.5 Å². The van der Waals surface area contributed by atoms with E-state index in [-0.39, 0.29) is 23.4 Å². The monoisotopic (exact) mass is 321 g/mol. The number of nitro groups is 1. The molecule has 0 unspecified atom stereocenters. The maximum atomic E-state index is 12.2. The highest BCUT2D eigenvalue weighted by Crippen LogP contribution is 2.20. The maximum Gasteiger partial charge on any atom is 0.317 e. The molecule has 126 valence electrons. The second-order valence-electron chi connectivity index (χ2n) is 6.47. The first-order chi connectivity index (χ1) is 10.8. The number of benzene rings is 1. The normalized spacial score (nSPS) is 20.1. The highest BCUT2D eigenvalue weighted by Gasteiger charge is 2.33. The van der Waals surface area contributed by atoms with Crippen LogP contribution in [-0.2, 0) is 11.2 Å². The van der Waals surface area contributed by atoms with E-state index in [0.717, 1.165) is 5.56 Å². The lowest BCUT2D eigenvalue weighted by molar-refractivity contribution is -0.384. The first-order valence-electron chi connectivity index (χ1n) is 7.71. The number of amides is 2. The quantitative estimate of drug-likeness (QED) is 0.681. The standard InChI is InChI=1S/C16H23N3O4/c1-12-10-18(11-16(2,3)23-12)15(20)17-9-8-13-4-6-14(7-5-13)19(21)22/h4-7,12H,8-11H2,1-3H3,(H,17,20)/t12-/m1/s1. The van der Waals surface area contributed by atoms with Crippen molar-refractivity contribution in [1.29, 1.82) is 0 Å². The molecule has 7 nitrogen and oxygen atoms in total. The molecular weight excluding hydrogens is 298 g/mol. The first-order valence-corrected chi connectivity index (χ1v) is 7.71. The number of rotatable bonds is 4. The van der Waals surface area contributed by atoms with Crippen LogP contribution in [0.3, 0.4) is 0 Å². The zero-order chi connectivity index (χ0) is 17.0. The van der Waals surface area contributed by atoms with Gasteiger partial charge in [-0.05, 0) is 32.8 Å². The van der Waals surface area contributed by atoms with Gasteiger partial charge in [0.15, 0.2) is 0 Å². The number of carbonyl (C=O) groups excluding carboxylic acids is 1. The van der Waals surface area contributed by atoms with Gasteiger partial charge in [0.25, 0.3) is 5.69 Å². The lowest BCUT2D eigenvalue weighted by Crippen LogP contribution is -2.56. The lowest BCUT2D eigenvalue weighted by Gasteiger charge is -2.41. The topological polar surface area (TPSA) is 84.7 Å². The van der Waals surface area contributed by atoms with Crippen LogP contribution in [0.5, 0.6) is 0 Å². The molecule has 0 spiro atoms. The molecule has 1 atom stereocenters. The van der Waals surface area contributed by atoms with Crippen LogP contribution in [0.1, 0.15) is 26.3 Å². The van der Waals surface area contributed by atoms with Gasteiger partial charge in [-0.15, -0.1) is 0 Å². The number of ether oxygens (including phenoxy) is 1. The third-order valence-electron chi connectivity index (χ3n) is 3.69. The number of urea groups is 1. The predicted octanol–water partition coefficient (Wildman–Crippen LogP) is 2.35. The van der Waals surface area contributed by atoms with E-state index in [2.05, 4.69) is 5.32 Å². The van der Waals surface area contributed by atoms with Crippen molar-refractivity contribution in [3.8, 4) is 0 Å². The van der Waals surface area contributed by atoms with E-state index in [4.69, 9.17) is 4.74 Å². The van der Waals surface area contributed by atoms with Gasteiger partial charge in [0.1, 0.15) is 0 Å². The average molecular weight is 321 g/mol.